The number of nitrogens with zero attached hydrogens (tertiary/aromatic N) is 1. The molecule has 4 aliphatic rings. The second-order valence-electron chi connectivity index (χ2n) is 8.44. The molecular weight excluding hydrogens is 552 g/mol. The Labute approximate surface area is 209 Å². The lowest BCUT2D eigenvalue weighted by molar-refractivity contribution is 0.402. The van der Waals surface area contributed by atoms with Crippen LogP contribution in [0.4, 0.5) is 5.69 Å². The Bertz CT molecular complexity index is 1970. The van der Waals surface area contributed by atoms with Gasteiger partial charge in [0.25, 0.3) is 20.2 Å². The third-order valence-corrected chi connectivity index (χ3v) is 8.94. The molecule has 1 aromatic carbocycles. The average molecular weight is 571 g/mol. The molecule has 1 aromatic rings. The highest BCUT2D eigenvalue weighted by Crippen LogP contribution is 2.49. The van der Waals surface area contributed by atoms with Crippen molar-refractivity contribution in [2.45, 2.75) is 29.2 Å². The molecule has 6 N–H and O–H groups in total. The fourth-order valence-electron chi connectivity index (χ4n) is 4.33. The van der Waals surface area contributed by atoms with Gasteiger partial charge in [0.05, 0.1) is 22.8 Å². The van der Waals surface area contributed by atoms with Crippen molar-refractivity contribution < 1.29 is 43.5 Å². The number of fused-ring (bicyclic) bond motifs is 4. The van der Waals surface area contributed by atoms with E-state index in [1.807, 2.05) is 0 Å². The standard InChI is InChI=1S/C20H18N4O10S3/c1-7-12-17(34-16-10(23-12)5-3-9(22)19(16)37(30,31)32)20(35(2,25)26)13-14(7)33-15-11(24-13)6-4-8(21)18(15)36(27,28)29/h4-6,9,21,23H,3,22H2,1-2H3,(H,27,28,29)(H,30,31,32). The highest BCUT2D eigenvalue weighted by molar-refractivity contribution is 7.91. The van der Waals surface area contributed by atoms with E-state index >= 15 is 0 Å². The van der Waals surface area contributed by atoms with Crippen molar-refractivity contribution in [2.24, 2.45) is 5.73 Å². The van der Waals surface area contributed by atoms with Crippen molar-refractivity contribution in [1.82, 2.24) is 4.98 Å². The van der Waals surface area contributed by atoms with Crippen LogP contribution in [-0.4, -0.2) is 51.6 Å². The number of hydrogen-bond acceptors (Lipinski definition) is 12. The smallest absolute Gasteiger partial charge is 0.300 e. The number of hydrogen-bond donors (Lipinski definition) is 5. The molecular formula is C20H18N4O10S3. The number of rotatable bonds is 3. The maximum Gasteiger partial charge on any atom is 0.300 e. The van der Waals surface area contributed by atoms with E-state index in [0.29, 0.717) is 0 Å². The summed E-state index contributed by atoms with van der Waals surface area (Å²) in [7, 11) is -13.9. The van der Waals surface area contributed by atoms with Crippen LogP contribution in [0, 0.1) is 12.3 Å². The molecule has 0 saturated heterocycles. The van der Waals surface area contributed by atoms with E-state index in [1.165, 1.54) is 19.1 Å². The number of nitrogens with one attached hydrogen (secondary N) is 2. The van der Waals surface area contributed by atoms with Gasteiger partial charge in [-0.3, -0.25) is 14.5 Å². The minimum Gasteiger partial charge on any atom is -0.451 e. The van der Waals surface area contributed by atoms with Gasteiger partial charge in [0.2, 0.25) is 0 Å². The maximum absolute atomic E-state index is 13.0. The molecule has 0 amide bonds. The molecule has 1 atom stereocenters. The van der Waals surface area contributed by atoms with Crippen molar-refractivity contribution in [3.05, 3.63) is 45.5 Å². The lowest BCUT2D eigenvalue weighted by Crippen LogP contribution is -2.34. The van der Waals surface area contributed by atoms with Crippen molar-refractivity contribution in [3.8, 4) is 17.2 Å². The molecule has 0 bridgehead atoms. The van der Waals surface area contributed by atoms with E-state index in [2.05, 4.69) is 10.3 Å². The Kier molecular flexibility index (Phi) is 5.35. The maximum atomic E-state index is 13.0. The van der Waals surface area contributed by atoms with Crippen LogP contribution in [0.5, 0.6) is 5.75 Å². The number of aromatic nitrogens is 1. The Morgan fingerprint density at radius 2 is 1.78 bits per heavy atom. The largest absolute Gasteiger partial charge is 0.451 e. The molecule has 0 spiro atoms. The van der Waals surface area contributed by atoms with Crippen LogP contribution in [0.3, 0.4) is 0 Å². The van der Waals surface area contributed by atoms with Gasteiger partial charge < -0.3 is 20.2 Å². The van der Waals surface area contributed by atoms with Gasteiger partial charge in [-0.25, -0.2) is 13.4 Å². The number of ether oxygens (including phenoxy) is 1. The molecule has 196 valence electrons. The predicted octanol–water partition coefficient (Wildman–Crippen LogP) is 0.889. The molecule has 17 heteroatoms. The van der Waals surface area contributed by atoms with Gasteiger partial charge in [0.1, 0.15) is 21.0 Å². The SMILES string of the molecule is Cc1c2c(c(S(C)(=O)=O)c3nc4ccc(=N)c(S(=O)(=O)O)c-4oc13)OC1=C(S(=O)(=O)O)C(N)CC=C1N2. The summed E-state index contributed by atoms with van der Waals surface area (Å²) in [6.07, 6.45) is 2.35. The van der Waals surface area contributed by atoms with E-state index in [0.717, 1.165) is 12.3 Å². The van der Waals surface area contributed by atoms with Crippen LogP contribution in [0.1, 0.15) is 12.0 Å². The lowest BCUT2D eigenvalue weighted by Gasteiger charge is -2.32. The van der Waals surface area contributed by atoms with E-state index in [-0.39, 0.29) is 51.7 Å². The Morgan fingerprint density at radius 3 is 2.38 bits per heavy atom. The van der Waals surface area contributed by atoms with Gasteiger partial charge in [-0.05, 0) is 25.5 Å². The Hall–Kier alpha value is -3.35. The second kappa shape index (κ2) is 7.83. The molecule has 0 saturated carbocycles. The summed E-state index contributed by atoms with van der Waals surface area (Å²) >= 11 is 0. The molecule has 0 fully saturated rings. The molecule has 37 heavy (non-hydrogen) atoms. The highest BCUT2D eigenvalue weighted by atomic mass is 32.2. The van der Waals surface area contributed by atoms with Gasteiger partial charge in [-0.15, -0.1) is 0 Å². The van der Waals surface area contributed by atoms with Gasteiger partial charge in [0, 0.05) is 11.8 Å². The number of benzene rings is 2. The normalized spacial score (nSPS) is 18.2. The summed E-state index contributed by atoms with van der Waals surface area (Å²) < 4.78 is 105. The van der Waals surface area contributed by atoms with Gasteiger partial charge in [-0.1, -0.05) is 6.08 Å². The first-order valence-corrected chi connectivity index (χ1v) is 15.1. The molecule has 0 radical (unpaired) electrons. The fourth-order valence-corrected chi connectivity index (χ4v) is 6.89. The average Bonchev–Trinajstić information content (AvgIpc) is 2.74. The van der Waals surface area contributed by atoms with Crippen LogP contribution in [0.2, 0.25) is 0 Å². The molecule has 2 aliphatic carbocycles. The molecule has 5 rings (SSSR count). The van der Waals surface area contributed by atoms with Crippen LogP contribution in [0.15, 0.2) is 48.8 Å². The zero-order valence-electron chi connectivity index (χ0n) is 18.9. The van der Waals surface area contributed by atoms with Crippen molar-refractivity contribution in [3.63, 3.8) is 0 Å². The zero-order valence-corrected chi connectivity index (χ0v) is 21.4. The van der Waals surface area contributed by atoms with Gasteiger partial charge >= 0.3 is 0 Å². The molecule has 2 aliphatic heterocycles. The van der Waals surface area contributed by atoms with Crippen molar-refractivity contribution >= 4 is 46.9 Å². The first-order chi connectivity index (χ1) is 17.0. The summed E-state index contributed by atoms with van der Waals surface area (Å²) in [5.41, 5.74) is 5.51. The third kappa shape index (κ3) is 3.90. The van der Waals surface area contributed by atoms with Crippen LogP contribution >= 0.6 is 0 Å². The first kappa shape index (κ1) is 25.3. The number of anilines is 1. The van der Waals surface area contributed by atoms with Crippen molar-refractivity contribution in [1.29, 1.82) is 5.41 Å². The third-order valence-electron chi connectivity index (χ3n) is 5.86. The minimum absolute atomic E-state index is 0.00573. The second-order valence-corrected chi connectivity index (χ2v) is 13.1. The summed E-state index contributed by atoms with van der Waals surface area (Å²) in [5.74, 6) is -1.20. The van der Waals surface area contributed by atoms with E-state index in [9.17, 15) is 34.4 Å². The van der Waals surface area contributed by atoms with Crippen LogP contribution < -0.4 is 21.1 Å². The van der Waals surface area contributed by atoms with Gasteiger partial charge in [-0.2, -0.15) is 16.8 Å². The molecule has 14 nitrogen and oxygen atoms in total. The molecule has 2 heterocycles. The predicted molar refractivity (Wildman–Crippen MR) is 128 cm³/mol. The highest BCUT2D eigenvalue weighted by Gasteiger charge is 2.39. The van der Waals surface area contributed by atoms with Crippen LogP contribution in [-0.2, 0) is 30.1 Å². The van der Waals surface area contributed by atoms with E-state index < -0.39 is 61.9 Å². The summed E-state index contributed by atoms with van der Waals surface area (Å²) in [6.45, 7) is 1.48. The number of aryl methyl sites for hydroxylation is 1. The minimum atomic E-state index is -4.93. The van der Waals surface area contributed by atoms with Crippen molar-refractivity contribution in [2.75, 3.05) is 11.6 Å². The zero-order chi connectivity index (χ0) is 27.2. The summed E-state index contributed by atoms with van der Waals surface area (Å²) in [6, 6.07) is 1.08. The quantitative estimate of drug-likeness (QED) is 0.217. The molecule has 1 unspecified atom stereocenters. The number of sulfone groups is 1. The lowest BCUT2D eigenvalue weighted by atomic mass is 10.0. The summed E-state index contributed by atoms with van der Waals surface area (Å²) in [4.78, 5) is 2.23. The number of nitrogens with two attached hydrogens (primary N) is 1. The Morgan fingerprint density at radius 1 is 1.11 bits per heavy atom. The van der Waals surface area contributed by atoms with Gasteiger partial charge in [0.15, 0.2) is 37.6 Å². The molecule has 0 aromatic heterocycles. The van der Waals surface area contributed by atoms with Crippen LogP contribution in [0.25, 0.3) is 22.6 Å². The van der Waals surface area contributed by atoms with E-state index in [1.54, 1.807) is 0 Å². The fraction of sp³-hybridized carbons (Fsp3) is 0.200. The first-order valence-electron chi connectivity index (χ1n) is 10.3. The topological polar surface area (TPSA) is 240 Å². The van der Waals surface area contributed by atoms with E-state index in [4.69, 9.17) is 20.3 Å². The summed E-state index contributed by atoms with van der Waals surface area (Å²) in [5, 5.41) is 10.2. The monoisotopic (exact) mass is 570 g/mol. The Balaban J connectivity index is 1.96.